The van der Waals surface area contributed by atoms with Gasteiger partial charge < -0.3 is 14.3 Å². The molecular formula is C15H11N7O3. The molecule has 0 unspecified atom stereocenters. The number of carbonyl (C=O) groups is 1. The van der Waals surface area contributed by atoms with Gasteiger partial charge in [-0.05, 0) is 24.3 Å². The average molecular weight is 337 g/mol. The Morgan fingerprint density at radius 3 is 3.08 bits per heavy atom. The molecule has 1 N–H and O–H groups in total. The van der Waals surface area contributed by atoms with Crippen LogP contribution in [0, 0.1) is 0 Å². The van der Waals surface area contributed by atoms with Crippen molar-refractivity contribution in [1.29, 1.82) is 0 Å². The third kappa shape index (κ3) is 3.13. The summed E-state index contributed by atoms with van der Waals surface area (Å²) in [6.45, 7) is 0.115. The normalized spacial score (nSPS) is 10.7. The van der Waals surface area contributed by atoms with Gasteiger partial charge in [-0.15, -0.1) is 0 Å². The van der Waals surface area contributed by atoms with E-state index in [0.29, 0.717) is 23.0 Å². The summed E-state index contributed by atoms with van der Waals surface area (Å²) in [5.41, 5.74) is 0.426. The summed E-state index contributed by atoms with van der Waals surface area (Å²) in [6, 6.07) is 6.63. The maximum atomic E-state index is 12.3. The Labute approximate surface area is 140 Å². The van der Waals surface area contributed by atoms with E-state index in [-0.39, 0.29) is 18.3 Å². The van der Waals surface area contributed by atoms with E-state index >= 15 is 0 Å². The highest BCUT2D eigenvalue weighted by molar-refractivity contribution is 5.94. The zero-order valence-electron chi connectivity index (χ0n) is 12.7. The van der Waals surface area contributed by atoms with Gasteiger partial charge >= 0.3 is 0 Å². The Bertz CT molecular complexity index is 976. The fourth-order valence-electron chi connectivity index (χ4n) is 2.10. The molecule has 0 radical (unpaired) electrons. The second kappa shape index (κ2) is 6.35. The molecule has 4 rings (SSSR count). The van der Waals surface area contributed by atoms with Crippen molar-refractivity contribution in [3.05, 3.63) is 60.8 Å². The standard InChI is InChI=1S/C15H11N7O3/c23-14(10-3-4-17-13(6-10)22-9-16-8-19-22)18-7-12-20-15(25-21-12)11-2-1-5-24-11/h1-6,8-9H,7H2,(H,18,23). The van der Waals surface area contributed by atoms with E-state index in [1.165, 1.54) is 29.8 Å². The monoisotopic (exact) mass is 337 g/mol. The van der Waals surface area contributed by atoms with E-state index in [4.69, 9.17) is 8.94 Å². The van der Waals surface area contributed by atoms with Gasteiger partial charge in [-0.3, -0.25) is 4.79 Å². The van der Waals surface area contributed by atoms with Crippen LogP contribution in [0.3, 0.4) is 0 Å². The van der Waals surface area contributed by atoms with Crippen LogP contribution in [0.4, 0.5) is 0 Å². The van der Waals surface area contributed by atoms with Gasteiger partial charge in [0.05, 0.1) is 12.8 Å². The molecule has 4 heterocycles. The number of carbonyl (C=O) groups excluding carboxylic acids is 1. The number of nitrogens with one attached hydrogen (secondary N) is 1. The molecule has 0 atom stereocenters. The van der Waals surface area contributed by atoms with E-state index in [1.54, 1.807) is 24.3 Å². The minimum absolute atomic E-state index is 0.115. The van der Waals surface area contributed by atoms with Gasteiger partial charge in [0.1, 0.15) is 12.7 Å². The van der Waals surface area contributed by atoms with E-state index in [2.05, 4.69) is 30.5 Å². The van der Waals surface area contributed by atoms with Crippen molar-refractivity contribution >= 4 is 5.91 Å². The van der Waals surface area contributed by atoms with Gasteiger partial charge in [-0.2, -0.15) is 10.1 Å². The minimum atomic E-state index is -0.298. The van der Waals surface area contributed by atoms with Gasteiger partial charge in [0.15, 0.2) is 17.4 Å². The van der Waals surface area contributed by atoms with E-state index in [0.717, 1.165) is 0 Å². The van der Waals surface area contributed by atoms with Gasteiger partial charge in [0.2, 0.25) is 0 Å². The van der Waals surface area contributed by atoms with Crippen molar-refractivity contribution in [2.45, 2.75) is 6.54 Å². The molecule has 0 saturated carbocycles. The number of rotatable bonds is 5. The SMILES string of the molecule is O=C(NCc1noc(-c2ccco2)n1)c1ccnc(-n2cncn2)c1. The van der Waals surface area contributed by atoms with Crippen LogP contribution >= 0.6 is 0 Å². The molecule has 0 aliphatic heterocycles. The van der Waals surface area contributed by atoms with Crippen LogP contribution in [0.25, 0.3) is 17.5 Å². The highest BCUT2D eigenvalue weighted by Crippen LogP contribution is 2.16. The highest BCUT2D eigenvalue weighted by Gasteiger charge is 2.13. The molecule has 0 aliphatic carbocycles. The van der Waals surface area contributed by atoms with Crippen molar-refractivity contribution in [3.63, 3.8) is 0 Å². The Morgan fingerprint density at radius 2 is 2.28 bits per heavy atom. The highest BCUT2D eigenvalue weighted by atomic mass is 16.5. The fourth-order valence-corrected chi connectivity index (χ4v) is 2.10. The summed E-state index contributed by atoms with van der Waals surface area (Å²) in [4.78, 5) is 24.4. The van der Waals surface area contributed by atoms with Crippen LogP contribution in [0.5, 0.6) is 0 Å². The quantitative estimate of drug-likeness (QED) is 0.576. The van der Waals surface area contributed by atoms with Gasteiger partial charge in [-0.25, -0.2) is 14.6 Å². The number of amides is 1. The molecule has 4 aromatic heterocycles. The third-order valence-corrected chi connectivity index (χ3v) is 3.27. The molecule has 0 bridgehead atoms. The molecule has 0 aliphatic rings. The molecular weight excluding hydrogens is 326 g/mol. The molecule has 10 nitrogen and oxygen atoms in total. The minimum Gasteiger partial charge on any atom is -0.459 e. The van der Waals surface area contributed by atoms with Crippen molar-refractivity contribution < 1.29 is 13.7 Å². The largest absolute Gasteiger partial charge is 0.459 e. The molecule has 0 spiro atoms. The average Bonchev–Trinajstić information content (AvgIpc) is 3.42. The van der Waals surface area contributed by atoms with Gasteiger partial charge in [0.25, 0.3) is 11.8 Å². The van der Waals surface area contributed by atoms with E-state index in [9.17, 15) is 4.79 Å². The van der Waals surface area contributed by atoms with Crippen LogP contribution in [-0.4, -0.2) is 35.8 Å². The zero-order valence-corrected chi connectivity index (χ0v) is 12.7. The summed E-state index contributed by atoms with van der Waals surface area (Å²) in [6.07, 6.45) is 5.92. The molecule has 124 valence electrons. The lowest BCUT2D eigenvalue weighted by Gasteiger charge is -2.04. The van der Waals surface area contributed by atoms with Crippen LogP contribution in [0.1, 0.15) is 16.2 Å². The number of aromatic nitrogens is 6. The first-order valence-electron chi connectivity index (χ1n) is 7.25. The van der Waals surface area contributed by atoms with E-state index in [1.807, 2.05) is 0 Å². The molecule has 0 aromatic carbocycles. The van der Waals surface area contributed by atoms with Crippen LogP contribution in [0.15, 0.2) is 58.3 Å². The third-order valence-electron chi connectivity index (χ3n) is 3.27. The number of hydrogen-bond donors (Lipinski definition) is 1. The topological polar surface area (TPSA) is 125 Å². The second-order valence-corrected chi connectivity index (χ2v) is 4.92. The van der Waals surface area contributed by atoms with Gasteiger partial charge in [-0.1, -0.05) is 5.16 Å². The summed E-state index contributed by atoms with van der Waals surface area (Å²) >= 11 is 0. The number of hydrogen-bond acceptors (Lipinski definition) is 8. The smallest absolute Gasteiger partial charge is 0.293 e. The lowest BCUT2D eigenvalue weighted by atomic mass is 10.2. The Hall–Kier alpha value is -3.82. The van der Waals surface area contributed by atoms with E-state index < -0.39 is 0 Å². The Morgan fingerprint density at radius 1 is 1.32 bits per heavy atom. The Balaban J connectivity index is 1.43. The lowest BCUT2D eigenvalue weighted by molar-refractivity contribution is 0.0949. The van der Waals surface area contributed by atoms with Crippen molar-refractivity contribution in [3.8, 4) is 17.5 Å². The summed E-state index contributed by atoms with van der Waals surface area (Å²) in [5, 5.41) is 10.5. The predicted octanol–water partition coefficient (Wildman–Crippen LogP) is 1.24. The maximum Gasteiger partial charge on any atom is 0.293 e. The molecule has 25 heavy (non-hydrogen) atoms. The predicted molar refractivity (Wildman–Crippen MR) is 82.3 cm³/mol. The molecule has 0 saturated heterocycles. The molecule has 0 fully saturated rings. The van der Waals surface area contributed by atoms with Gasteiger partial charge in [0, 0.05) is 11.8 Å². The van der Waals surface area contributed by atoms with Crippen molar-refractivity contribution in [2.75, 3.05) is 0 Å². The van der Waals surface area contributed by atoms with Crippen LogP contribution < -0.4 is 5.32 Å². The van der Waals surface area contributed by atoms with Crippen LogP contribution in [0.2, 0.25) is 0 Å². The molecule has 10 heteroatoms. The second-order valence-electron chi connectivity index (χ2n) is 4.92. The first-order chi connectivity index (χ1) is 12.3. The summed E-state index contributed by atoms with van der Waals surface area (Å²) in [7, 11) is 0. The first-order valence-corrected chi connectivity index (χ1v) is 7.25. The maximum absolute atomic E-state index is 12.3. The number of furan rings is 1. The zero-order chi connectivity index (χ0) is 17.1. The van der Waals surface area contributed by atoms with Crippen molar-refractivity contribution in [1.82, 2.24) is 35.2 Å². The first kappa shape index (κ1) is 14.8. The summed E-state index contributed by atoms with van der Waals surface area (Å²) < 4.78 is 11.7. The van der Waals surface area contributed by atoms with Crippen LogP contribution in [-0.2, 0) is 6.54 Å². The Kier molecular flexibility index (Phi) is 3.75. The fraction of sp³-hybridized carbons (Fsp3) is 0.0667. The lowest BCUT2D eigenvalue weighted by Crippen LogP contribution is -2.23. The molecule has 1 amide bonds. The number of nitrogens with zero attached hydrogens (tertiary/aromatic N) is 6. The van der Waals surface area contributed by atoms with Crippen molar-refractivity contribution in [2.24, 2.45) is 0 Å². The summed E-state index contributed by atoms with van der Waals surface area (Å²) in [5.74, 6) is 1.26. The number of pyridine rings is 1. The molecule has 4 aromatic rings.